The molecule has 0 saturated carbocycles. The van der Waals surface area contributed by atoms with Gasteiger partial charge in [-0.25, -0.2) is 0 Å². The van der Waals surface area contributed by atoms with E-state index in [4.69, 9.17) is 0 Å². The van der Waals surface area contributed by atoms with Gasteiger partial charge in [0.15, 0.2) is 0 Å². The molecule has 0 nitrogen and oxygen atoms in total. The van der Waals surface area contributed by atoms with E-state index in [0.717, 1.165) is 5.16 Å². The fourth-order valence-electron chi connectivity index (χ4n) is 0.868. The molecule has 0 fully saturated rings. The van der Waals surface area contributed by atoms with Crippen LogP contribution in [0.1, 0.15) is 5.56 Å². The Hall–Kier alpha value is -0.606. The Morgan fingerprint density at radius 3 is 2.27 bits per heavy atom. The predicted octanol–water partition coefficient (Wildman–Crippen LogP) is 0.177. The number of rotatable bonds is 2. The second-order valence-corrected chi connectivity index (χ2v) is 8.97. The predicted molar refractivity (Wildman–Crippen MR) is 59.1 cm³/mol. The second-order valence-electron chi connectivity index (χ2n) is 3.01. The zero-order valence-electron chi connectivity index (χ0n) is 7.12. The zero-order valence-corrected chi connectivity index (χ0v) is 11.1. The van der Waals surface area contributed by atoms with Crippen molar-refractivity contribution in [2.75, 3.05) is 0 Å². The van der Waals surface area contributed by atoms with E-state index in [0.29, 0.717) is 0 Å². The van der Waals surface area contributed by atoms with Crippen LogP contribution in [0.5, 0.6) is 0 Å². The summed E-state index contributed by atoms with van der Waals surface area (Å²) in [4.78, 5) is 0. The molecule has 0 bridgehead atoms. The molecular weight excluding hydrogens is 164 g/mol. The molecule has 0 atom stereocenters. The molecule has 0 aliphatic carbocycles. The Kier molecular flexibility index (Phi) is 3.33. The molecule has 1 aromatic carbocycles. The largest absolute Gasteiger partial charge is 0.0879 e. The van der Waals surface area contributed by atoms with Gasteiger partial charge in [-0.2, -0.15) is 0 Å². The summed E-state index contributed by atoms with van der Waals surface area (Å²) in [5, 5.41) is 0.912. The van der Waals surface area contributed by atoms with Gasteiger partial charge in [0.2, 0.25) is 0 Å². The average molecular weight is 178 g/mol. The van der Waals surface area contributed by atoms with E-state index in [2.05, 4.69) is 42.5 Å². The Balaban J connectivity index is 2.65. The molecular formula is C9H14Si2. The lowest BCUT2D eigenvalue weighted by molar-refractivity contribution is 1.58. The number of hydrogen-bond donors (Lipinski definition) is 0. The van der Waals surface area contributed by atoms with Crippen molar-refractivity contribution >= 4 is 26.6 Å². The smallest absolute Gasteiger partial charge is 0.00705 e. The molecule has 0 heterocycles. The van der Waals surface area contributed by atoms with Crippen molar-refractivity contribution in [3.63, 3.8) is 0 Å². The van der Waals surface area contributed by atoms with Crippen molar-refractivity contribution in [3.8, 4) is 0 Å². The molecule has 0 unspecified atom stereocenters. The summed E-state index contributed by atoms with van der Waals surface area (Å²) in [7, 11) is 2.61. The van der Waals surface area contributed by atoms with Crippen LogP contribution < -0.4 is 0 Å². The van der Waals surface area contributed by atoms with Crippen molar-refractivity contribution < 1.29 is 0 Å². The van der Waals surface area contributed by atoms with Gasteiger partial charge in [0.25, 0.3) is 0 Å². The van der Waals surface area contributed by atoms with Gasteiger partial charge in [-0.05, 0) is 10.7 Å². The van der Waals surface area contributed by atoms with E-state index in [9.17, 15) is 0 Å². The normalized spacial score (nSPS) is 14.2. The van der Waals surface area contributed by atoms with Crippen molar-refractivity contribution in [2.24, 2.45) is 0 Å². The quantitative estimate of drug-likeness (QED) is 0.567. The molecule has 0 N–H and O–H groups in total. The van der Waals surface area contributed by atoms with E-state index in [-0.39, 0.29) is 0 Å². The summed E-state index contributed by atoms with van der Waals surface area (Å²) in [6.45, 7) is 0. The first kappa shape index (κ1) is 8.49. The van der Waals surface area contributed by atoms with Gasteiger partial charge in [0.1, 0.15) is 0 Å². The third-order valence-corrected chi connectivity index (χ3v) is 2.24. The van der Waals surface area contributed by atoms with Crippen LogP contribution in [-0.4, -0.2) is 20.5 Å². The fraction of sp³-hybridized carbons (Fsp3) is 0.111. The Labute approximate surface area is 74.2 Å². The number of allylic oxidation sites excluding steroid dienone is 1. The minimum atomic E-state index is 0.912. The molecule has 0 spiro atoms. The van der Waals surface area contributed by atoms with E-state index in [1.165, 1.54) is 26.0 Å². The molecule has 0 saturated heterocycles. The highest BCUT2D eigenvalue weighted by atomic mass is 28.2. The van der Waals surface area contributed by atoms with Gasteiger partial charge in [-0.1, -0.05) is 42.5 Å². The van der Waals surface area contributed by atoms with Crippen molar-refractivity contribution in [2.45, 2.75) is 5.16 Å². The first-order valence-corrected chi connectivity index (χ1v) is 6.33. The van der Waals surface area contributed by atoms with Crippen molar-refractivity contribution in [1.82, 2.24) is 0 Å². The summed E-state index contributed by atoms with van der Waals surface area (Å²) in [6.07, 6.45) is 4.55. The highest BCUT2D eigenvalue weighted by Crippen LogP contribution is 2.03. The van der Waals surface area contributed by atoms with Gasteiger partial charge in [-0.15, -0.1) is 0 Å². The van der Waals surface area contributed by atoms with E-state index in [1.54, 1.807) is 0 Å². The number of benzene rings is 1. The van der Waals surface area contributed by atoms with Gasteiger partial charge in [0.05, 0.1) is 0 Å². The van der Waals surface area contributed by atoms with Gasteiger partial charge in [-0.3, -0.25) is 0 Å². The van der Waals surface area contributed by atoms with Crippen LogP contribution in [0, 0.1) is 0 Å². The fourth-order valence-corrected chi connectivity index (χ4v) is 1.25. The van der Waals surface area contributed by atoms with Crippen LogP contribution in [0.2, 0.25) is 5.16 Å². The van der Waals surface area contributed by atoms with Crippen LogP contribution in [0.4, 0.5) is 0 Å². The van der Waals surface area contributed by atoms with Crippen molar-refractivity contribution in [1.29, 1.82) is 0 Å². The molecule has 11 heavy (non-hydrogen) atoms. The first-order chi connectivity index (χ1) is 5.29. The SMILES string of the molecule is [SiH3]C([SiH3])C=Cc1ccccc1. The highest BCUT2D eigenvalue weighted by molar-refractivity contribution is 6.37. The maximum absolute atomic E-state index is 2.33. The molecule has 0 amide bonds. The summed E-state index contributed by atoms with van der Waals surface area (Å²) in [5.41, 5.74) is 1.32. The lowest BCUT2D eigenvalue weighted by Crippen LogP contribution is -1.82. The van der Waals surface area contributed by atoms with E-state index in [1.807, 2.05) is 0 Å². The van der Waals surface area contributed by atoms with Crippen LogP contribution in [0.15, 0.2) is 36.4 Å². The lowest BCUT2D eigenvalue weighted by Gasteiger charge is -1.93. The minimum absolute atomic E-state index is 0.912. The Morgan fingerprint density at radius 1 is 1.09 bits per heavy atom. The van der Waals surface area contributed by atoms with Gasteiger partial charge >= 0.3 is 0 Å². The Morgan fingerprint density at radius 2 is 1.73 bits per heavy atom. The van der Waals surface area contributed by atoms with E-state index < -0.39 is 0 Å². The van der Waals surface area contributed by atoms with Crippen LogP contribution in [-0.2, 0) is 0 Å². The molecule has 0 aromatic heterocycles. The monoisotopic (exact) mass is 178 g/mol. The molecule has 1 aromatic rings. The maximum Gasteiger partial charge on any atom is 0.00705 e. The first-order valence-electron chi connectivity index (χ1n) is 4.02. The third-order valence-electron chi connectivity index (χ3n) is 1.47. The molecule has 0 aliphatic heterocycles. The third kappa shape index (κ3) is 3.34. The molecule has 0 radical (unpaired) electrons. The highest BCUT2D eigenvalue weighted by Gasteiger charge is 1.85. The molecule has 2 heteroatoms. The zero-order chi connectivity index (χ0) is 8.10. The minimum Gasteiger partial charge on any atom is -0.0879 e. The van der Waals surface area contributed by atoms with Crippen molar-refractivity contribution in [3.05, 3.63) is 42.0 Å². The van der Waals surface area contributed by atoms with Crippen LogP contribution >= 0.6 is 0 Å². The average Bonchev–Trinajstić information content (AvgIpc) is 2.03. The standard InChI is InChI=1S/C9H14Si2/c10-9(11)7-6-8-4-2-1-3-5-8/h1-7,9H,10-11H3. The Bertz CT molecular complexity index is 227. The maximum atomic E-state index is 2.33. The molecule has 1 rings (SSSR count). The van der Waals surface area contributed by atoms with E-state index >= 15 is 0 Å². The molecule has 0 aliphatic rings. The summed E-state index contributed by atoms with van der Waals surface area (Å²) in [5.74, 6) is 0. The van der Waals surface area contributed by atoms with Gasteiger partial charge < -0.3 is 0 Å². The molecule has 58 valence electrons. The summed E-state index contributed by atoms with van der Waals surface area (Å²) < 4.78 is 0. The summed E-state index contributed by atoms with van der Waals surface area (Å²) >= 11 is 0. The topological polar surface area (TPSA) is 0 Å². The lowest BCUT2D eigenvalue weighted by atomic mass is 10.2. The van der Waals surface area contributed by atoms with Crippen LogP contribution in [0.3, 0.4) is 0 Å². The van der Waals surface area contributed by atoms with Gasteiger partial charge in [0, 0.05) is 20.5 Å². The number of hydrogen-bond acceptors (Lipinski definition) is 0. The summed E-state index contributed by atoms with van der Waals surface area (Å²) in [6, 6.07) is 10.5. The second kappa shape index (κ2) is 4.31. The van der Waals surface area contributed by atoms with Crippen LogP contribution in [0.25, 0.3) is 6.08 Å².